The highest BCUT2D eigenvalue weighted by Gasteiger charge is 2.39. The molecule has 2 N–H and O–H groups in total. The standard InChI is InChI=1S/C17H29N3O2/c1-3-4-11(2)20-10-12(7-16(20)21)17(22)19-15-8-13-5-6-14(9-15)18-13/h11-15,18H,3-10H2,1-2H3,(H,19,22). The molecular formula is C17H29N3O2. The summed E-state index contributed by atoms with van der Waals surface area (Å²) in [6, 6.07) is 1.71. The van der Waals surface area contributed by atoms with Crippen molar-refractivity contribution >= 4 is 11.8 Å². The molecule has 2 bridgehead atoms. The molecule has 3 aliphatic heterocycles. The van der Waals surface area contributed by atoms with Gasteiger partial charge in [-0.3, -0.25) is 9.59 Å². The molecule has 0 spiro atoms. The van der Waals surface area contributed by atoms with Gasteiger partial charge in [0, 0.05) is 37.1 Å². The predicted octanol–water partition coefficient (Wildman–Crippen LogP) is 1.42. The van der Waals surface area contributed by atoms with Crippen LogP contribution in [0.3, 0.4) is 0 Å². The van der Waals surface area contributed by atoms with E-state index in [1.165, 1.54) is 12.8 Å². The van der Waals surface area contributed by atoms with Gasteiger partial charge in [0.2, 0.25) is 11.8 Å². The smallest absolute Gasteiger partial charge is 0.225 e. The fourth-order valence-corrected chi connectivity index (χ4v) is 4.40. The summed E-state index contributed by atoms with van der Waals surface area (Å²) in [5.41, 5.74) is 0. The van der Waals surface area contributed by atoms with Crippen molar-refractivity contribution in [3.05, 3.63) is 0 Å². The van der Waals surface area contributed by atoms with Crippen LogP contribution in [-0.2, 0) is 9.59 Å². The first kappa shape index (κ1) is 15.8. The van der Waals surface area contributed by atoms with E-state index in [9.17, 15) is 9.59 Å². The minimum absolute atomic E-state index is 0.0887. The summed E-state index contributed by atoms with van der Waals surface area (Å²) in [4.78, 5) is 26.6. The van der Waals surface area contributed by atoms with Crippen LogP contribution >= 0.6 is 0 Å². The third-order valence-corrected chi connectivity index (χ3v) is 5.59. The number of nitrogens with one attached hydrogen (secondary N) is 2. The Labute approximate surface area is 133 Å². The molecule has 2 amide bonds. The average molecular weight is 307 g/mol. The second-order valence-corrected chi connectivity index (χ2v) is 7.40. The molecule has 124 valence electrons. The number of hydrogen-bond donors (Lipinski definition) is 2. The van der Waals surface area contributed by atoms with Gasteiger partial charge in [0.1, 0.15) is 0 Å². The van der Waals surface area contributed by atoms with Gasteiger partial charge < -0.3 is 15.5 Å². The number of amides is 2. The van der Waals surface area contributed by atoms with Crippen molar-refractivity contribution in [3.8, 4) is 0 Å². The molecule has 0 radical (unpaired) electrons. The number of nitrogens with zero attached hydrogens (tertiary/aromatic N) is 1. The van der Waals surface area contributed by atoms with E-state index in [0.29, 0.717) is 31.1 Å². The molecule has 5 nitrogen and oxygen atoms in total. The average Bonchev–Trinajstić information content (AvgIpc) is 3.02. The Hall–Kier alpha value is -1.10. The topological polar surface area (TPSA) is 61.4 Å². The van der Waals surface area contributed by atoms with Crippen molar-refractivity contribution in [3.63, 3.8) is 0 Å². The normalized spacial score (nSPS) is 35.7. The summed E-state index contributed by atoms with van der Waals surface area (Å²) in [7, 11) is 0. The quantitative estimate of drug-likeness (QED) is 0.807. The molecule has 0 aliphatic carbocycles. The van der Waals surface area contributed by atoms with Gasteiger partial charge in [-0.2, -0.15) is 0 Å². The van der Waals surface area contributed by atoms with Crippen LogP contribution < -0.4 is 10.6 Å². The maximum absolute atomic E-state index is 12.5. The highest BCUT2D eigenvalue weighted by Crippen LogP contribution is 2.28. The Balaban J connectivity index is 1.51. The molecule has 0 aromatic carbocycles. The SMILES string of the molecule is CCCC(C)N1CC(C(=O)NC2CC3CCC(C2)N3)CC1=O. The number of rotatable bonds is 5. The van der Waals surface area contributed by atoms with Gasteiger partial charge in [-0.05, 0) is 39.0 Å². The summed E-state index contributed by atoms with van der Waals surface area (Å²) in [6.45, 7) is 4.82. The Kier molecular flexibility index (Phi) is 4.71. The summed E-state index contributed by atoms with van der Waals surface area (Å²) in [6.07, 6.45) is 7.02. The fourth-order valence-electron chi connectivity index (χ4n) is 4.40. The molecule has 0 saturated carbocycles. The molecule has 3 aliphatic rings. The van der Waals surface area contributed by atoms with Gasteiger partial charge >= 0.3 is 0 Å². The minimum Gasteiger partial charge on any atom is -0.353 e. The Bertz CT molecular complexity index is 428. The number of fused-ring (bicyclic) bond motifs is 2. The zero-order valence-corrected chi connectivity index (χ0v) is 13.8. The van der Waals surface area contributed by atoms with Gasteiger partial charge in [-0.15, -0.1) is 0 Å². The van der Waals surface area contributed by atoms with Crippen molar-refractivity contribution in [2.45, 2.75) is 83.0 Å². The molecule has 5 heteroatoms. The molecule has 0 aromatic rings. The van der Waals surface area contributed by atoms with Crippen LogP contribution in [0.25, 0.3) is 0 Å². The minimum atomic E-state index is -0.153. The molecule has 22 heavy (non-hydrogen) atoms. The maximum atomic E-state index is 12.5. The summed E-state index contributed by atoms with van der Waals surface area (Å²) >= 11 is 0. The van der Waals surface area contributed by atoms with E-state index in [1.54, 1.807) is 0 Å². The lowest BCUT2D eigenvalue weighted by Gasteiger charge is -2.30. The van der Waals surface area contributed by atoms with Gasteiger partial charge in [0.25, 0.3) is 0 Å². The monoisotopic (exact) mass is 307 g/mol. The Morgan fingerprint density at radius 1 is 1.36 bits per heavy atom. The third kappa shape index (κ3) is 3.29. The van der Waals surface area contributed by atoms with Crippen molar-refractivity contribution in [1.29, 1.82) is 0 Å². The maximum Gasteiger partial charge on any atom is 0.225 e. The molecule has 4 unspecified atom stereocenters. The van der Waals surface area contributed by atoms with Gasteiger partial charge in [0.15, 0.2) is 0 Å². The van der Waals surface area contributed by atoms with Crippen molar-refractivity contribution < 1.29 is 9.59 Å². The van der Waals surface area contributed by atoms with Crippen LogP contribution in [0.5, 0.6) is 0 Å². The molecule has 3 saturated heterocycles. The molecular weight excluding hydrogens is 278 g/mol. The van der Waals surface area contributed by atoms with E-state index in [4.69, 9.17) is 0 Å². The lowest BCUT2D eigenvalue weighted by molar-refractivity contribution is -0.130. The second-order valence-electron chi connectivity index (χ2n) is 7.40. The number of carbonyl (C=O) groups is 2. The van der Waals surface area contributed by atoms with E-state index in [-0.39, 0.29) is 23.8 Å². The van der Waals surface area contributed by atoms with E-state index in [2.05, 4.69) is 24.5 Å². The van der Waals surface area contributed by atoms with Crippen LogP contribution in [0.4, 0.5) is 0 Å². The van der Waals surface area contributed by atoms with E-state index >= 15 is 0 Å². The highest BCUT2D eigenvalue weighted by molar-refractivity contribution is 5.89. The molecule has 0 aromatic heterocycles. The van der Waals surface area contributed by atoms with Gasteiger partial charge in [-0.1, -0.05) is 13.3 Å². The lowest BCUT2D eigenvalue weighted by Crippen LogP contribution is -2.49. The number of piperidine rings is 1. The van der Waals surface area contributed by atoms with Crippen LogP contribution in [0.2, 0.25) is 0 Å². The molecule has 3 heterocycles. The highest BCUT2D eigenvalue weighted by atomic mass is 16.2. The van der Waals surface area contributed by atoms with Crippen molar-refractivity contribution in [2.75, 3.05) is 6.54 Å². The number of hydrogen-bond acceptors (Lipinski definition) is 3. The summed E-state index contributed by atoms with van der Waals surface area (Å²) in [5.74, 6) is 0.0803. The summed E-state index contributed by atoms with van der Waals surface area (Å²) < 4.78 is 0. The van der Waals surface area contributed by atoms with Gasteiger partial charge in [0.05, 0.1) is 5.92 Å². The predicted molar refractivity (Wildman–Crippen MR) is 85.3 cm³/mol. The lowest BCUT2D eigenvalue weighted by atomic mass is 9.98. The first-order chi connectivity index (χ1) is 10.6. The summed E-state index contributed by atoms with van der Waals surface area (Å²) in [5, 5.41) is 6.81. The Morgan fingerprint density at radius 3 is 2.68 bits per heavy atom. The van der Waals surface area contributed by atoms with Crippen LogP contribution in [0.15, 0.2) is 0 Å². The van der Waals surface area contributed by atoms with E-state index in [1.807, 2.05) is 4.90 Å². The first-order valence-corrected chi connectivity index (χ1v) is 8.92. The Morgan fingerprint density at radius 2 is 2.05 bits per heavy atom. The largest absolute Gasteiger partial charge is 0.353 e. The molecule has 3 rings (SSSR count). The van der Waals surface area contributed by atoms with Crippen molar-refractivity contribution in [1.82, 2.24) is 15.5 Å². The van der Waals surface area contributed by atoms with Gasteiger partial charge in [-0.25, -0.2) is 0 Å². The number of likely N-dealkylation sites (tertiary alicyclic amines) is 1. The number of carbonyl (C=O) groups excluding carboxylic acids is 2. The van der Waals surface area contributed by atoms with Crippen LogP contribution in [-0.4, -0.2) is 47.4 Å². The zero-order chi connectivity index (χ0) is 15.7. The van der Waals surface area contributed by atoms with E-state index < -0.39 is 0 Å². The van der Waals surface area contributed by atoms with E-state index in [0.717, 1.165) is 25.7 Å². The van der Waals surface area contributed by atoms with Crippen LogP contribution in [0.1, 0.15) is 58.8 Å². The first-order valence-electron chi connectivity index (χ1n) is 8.92. The molecule has 3 fully saturated rings. The zero-order valence-electron chi connectivity index (χ0n) is 13.8. The third-order valence-electron chi connectivity index (χ3n) is 5.59. The molecule has 4 atom stereocenters. The fraction of sp³-hybridized carbons (Fsp3) is 0.882. The second kappa shape index (κ2) is 6.57. The van der Waals surface area contributed by atoms with Crippen LogP contribution in [0, 0.1) is 5.92 Å². The van der Waals surface area contributed by atoms with Crippen molar-refractivity contribution in [2.24, 2.45) is 5.92 Å².